The van der Waals surface area contributed by atoms with E-state index >= 15 is 0 Å². The molecule has 1 aliphatic heterocycles. The summed E-state index contributed by atoms with van der Waals surface area (Å²) in [6.45, 7) is 5.69. The third-order valence-corrected chi connectivity index (χ3v) is 7.10. The normalized spacial score (nSPS) is 16.9. The number of esters is 3. The van der Waals surface area contributed by atoms with Crippen LogP contribution in [0.1, 0.15) is 117 Å². The third kappa shape index (κ3) is 17.2. The Kier molecular flexibility index (Phi) is 20.2. The predicted octanol–water partition coefficient (Wildman–Crippen LogP) is 5.37. The van der Waals surface area contributed by atoms with E-state index in [0.717, 1.165) is 44.9 Å². The van der Waals surface area contributed by atoms with Gasteiger partial charge in [0.1, 0.15) is 6.10 Å². The molecule has 1 saturated heterocycles. The van der Waals surface area contributed by atoms with Crippen LogP contribution in [0, 0.1) is 5.92 Å². The van der Waals surface area contributed by atoms with Gasteiger partial charge in [-0.15, -0.1) is 0 Å². The highest BCUT2D eigenvalue weighted by atomic mass is 16.5. The zero-order valence-electron chi connectivity index (χ0n) is 24.7. The summed E-state index contributed by atoms with van der Waals surface area (Å²) in [4.78, 5) is 50.6. The van der Waals surface area contributed by atoms with Crippen molar-refractivity contribution in [3.8, 4) is 0 Å². The lowest BCUT2D eigenvalue weighted by Crippen LogP contribution is -2.31. The summed E-state index contributed by atoms with van der Waals surface area (Å²) in [5.41, 5.74) is 0. The first-order valence-electron chi connectivity index (χ1n) is 15.1. The minimum atomic E-state index is -0.565. The highest BCUT2D eigenvalue weighted by Gasteiger charge is 2.34. The highest BCUT2D eigenvalue weighted by Crippen LogP contribution is 2.22. The summed E-state index contributed by atoms with van der Waals surface area (Å²) >= 11 is 0. The van der Waals surface area contributed by atoms with Crippen LogP contribution in [0.4, 0.5) is 0 Å². The Hall–Kier alpha value is -2.16. The van der Waals surface area contributed by atoms with Gasteiger partial charge >= 0.3 is 17.9 Å². The second-order valence-corrected chi connectivity index (χ2v) is 10.7. The van der Waals surface area contributed by atoms with E-state index in [4.69, 9.17) is 18.9 Å². The molecule has 1 fully saturated rings. The van der Waals surface area contributed by atoms with Crippen LogP contribution in [-0.2, 0) is 38.1 Å². The fourth-order valence-corrected chi connectivity index (χ4v) is 4.88. The lowest BCUT2D eigenvalue weighted by atomic mass is 9.97. The molecule has 1 amide bonds. The zero-order valence-corrected chi connectivity index (χ0v) is 24.7. The average molecular weight is 556 g/mol. The van der Waals surface area contributed by atoms with E-state index in [2.05, 4.69) is 13.8 Å². The second-order valence-electron chi connectivity index (χ2n) is 10.7. The molecule has 0 N–H and O–H groups in total. The Morgan fingerprint density at radius 3 is 1.74 bits per heavy atom. The SMILES string of the molecule is CCCCCCCCOC(=O)CC(CC(=O)OCCCCCCCC)CC(=O)OC1CC(COC)N(C=O)C1. The van der Waals surface area contributed by atoms with E-state index in [1.165, 1.54) is 38.5 Å². The van der Waals surface area contributed by atoms with Gasteiger partial charge in [0.05, 0.1) is 32.4 Å². The molecule has 2 atom stereocenters. The van der Waals surface area contributed by atoms with Gasteiger partial charge in [-0.3, -0.25) is 19.2 Å². The van der Waals surface area contributed by atoms with Crippen molar-refractivity contribution in [3.05, 3.63) is 0 Å². The molecule has 0 aromatic rings. The maximum atomic E-state index is 12.7. The zero-order chi connectivity index (χ0) is 28.7. The number of hydrogen-bond acceptors (Lipinski definition) is 8. The van der Waals surface area contributed by atoms with Gasteiger partial charge in [-0.05, 0) is 18.8 Å². The number of unbranched alkanes of at least 4 members (excludes halogenated alkanes) is 10. The molecule has 2 unspecified atom stereocenters. The number of amides is 1. The molecule has 0 bridgehead atoms. The van der Waals surface area contributed by atoms with E-state index in [-0.39, 0.29) is 25.3 Å². The van der Waals surface area contributed by atoms with Crippen molar-refractivity contribution in [1.82, 2.24) is 4.90 Å². The lowest BCUT2D eigenvalue weighted by molar-refractivity contribution is -0.152. The van der Waals surface area contributed by atoms with Gasteiger partial charge in [-0.25, -0.2) is 0 Å². The van der Waals surface area contributed by atoms with Crippen molar-refractivity contribution < 1.29 is 38.1 Å². The van der Waals surface area contributed by atoms with Gasteiger partial charge in [-0.2, -0.15) is 0 Å². The van der Waals surface area contributed by atoms with E-state index in [1.54, 1.807) is 12.0 Å². The molecule has 0 spiro atoms. The van der Waals surface area contributed by atoms with Crippen LogP contribution in [0.15, 0.2) is 0 Å². The van der Waals surface area contributed by atoms with Gasteiger partial charge in [0.15, 0.2) is 0 Å². The number of methoxy groups -OCH3 is 1. The molecule has 1 aliphatic rings. The summed E-state index contributed by atoms with van der Waals surface area (Å²) in [6, 6.07) is -0.144. The van der Waals surface area contributed by atoms with E-state index in [9.17, 15) is 19.2 Å². The van der Waals surface area contributed by atoms with Crippen LogP contribution in [-0.4, -0.2) is 74.8 Å². The third-order valence-electron chi connectivity index (χ3n) is 7.10. The monoisotopic (exact) mass is 555 g/mol. The molecule has 39 heavy (non-hydrogen) atoms. The van der Waals surface area contributed by atoms with E-state index in [0.29, 0.717) is 32.8 Å². The Balaban J connectivity index is 2.53. The molecule has 0 saturated carbocycles. The number of ether oxygens (including phenoxy) is 4. The standard InChI is InChI=1S/C30H53NO8/c1-4-6-8-10-12-14-16-37-28(33)18-25(19-29(34)38-17-15-13-11-9-7-5-2)20-30(35)39-27-21-26(23-36-3)31(22-27)24-32/h24-27H,4-23H2,1-3H3. The van der Waals surface area contributed by atoms with Crippen molar-refractivity contribution in [2.75, 3.05) is 33.5 Å². The Morgan fingerprint density at radius 1 is 0.769 bits per heavy atom. The van der Waals surface area contributed by atoms with Gasteiger partial charge in [0, 0.05) is 32.8 Å². The smallest absolute Gasteiger partial charge is 0.306 e. The maximum Gasteiger partial charge on any atom is 0.306 e. The quantitative estimate of drug-likeness (QED) is 0.0677. The van der Waals surface area contributed by atoms with Crippen LogP contribution in [0.5, 0.6) is 0 Å². The van der Waals surface area contributed by atoms with Crippen LogP contribution in [0.2, 0.25) is 0 Å². The van der Waals surface area contributed by atoms with Crippen LogP contribution < -0.4 is 0 Å². The van der Waals surface area contributed by atoms with Gasteiger partial charge in [-0.1, -0.05) is 78.1 Å². The minimum Gasteiger partial charge on any atom is -0.466 e. The molecule has 226 valence electrons. The van der Waals surface area contributed by atoms with Crippen molar-refractivity contribution in [2.24, 2.45) is 5.92 Å². The molecular weight excluding hydrogens is 502 g/mol. The number of hydrogen-bond donors (Lipinski definition) is 0. The number of likely N-dealkylation sites (tertiary alicyclic amines) is 1. The maximum absolute atomic E-state index is 12.7. The minimum absolute atomic E-state index is 0.0471. The Morgan fingerprint density at radius 2 is 1.26 bits per heavy atom. The molecule has 0 radical (unpaired) electrons. The van der Waals surface area contributed by atoms with Crippen LogP contribution in [0.25, 0.3) is 0 Å². The summed E-state index contributed by atoms with van der Waals surface area (Å²) < 4.78 is 21.5. The molecule has 1 heterocycles. The second kappa shape index (κ2) is 22.6. The number of carbonyl (C=O) groups is 4. The number of rotatable bonds is 24. The molecule has 0 aliphatic carbocycles. The fraction of sp³-hybridized carbons (Fsp3) is 0.867. The first-order valence-corrected chi connectivity index (χ1v) is 15.1. The van der Waals surface area contributed by atoms with Gasteiger partial charge < -0.3 is 23.8 Å². The van der Waals surface area contributed by atoms with Crippen LogP contribution in [0.3, 0.4) is 0 Å². The highest BCUT2D eigenvalue weighted by molar-refractivity contribution is 5.76. The molecule has 0 aromatic heterocycles. The largest absolute Gasteiger partial charge is 0.466 e. The number of carbonyl (C=O) groups excluding carboxylic acids is 4. The summed E-state index contributed by atoms with van der Waals surface area (Å²) in [5, 5.41) is 0. The summed E-state index contributed by atoms with van der Waals surface area (Å²) in [6.07, 6.45) is 13.7. The first kappa shape index (κ1) is 34.9. The molecule has 0 aromatic carbocycles. The average Bonchev–Trinajstić information content (AvgIpc) is 3.28. The summed E-state index contributed by atoms with van der Waals surface area (Å²) in [7, 11) is 1.56. The topological polar surface area (TPSA) is 108 Å². The predicted molar refractivity (Wildman–Crippen MR) is 149 cm³/mol. The Labute approximate surface area is 235 Å². The molecule has 1 rings (SSSR count). The number of nitrogens with zero attached hydrogens (tertiary/aromatic N) is 1. The van der Waals surface area contributed by atoms with Gasteiger partial charge in [0.2, 0.25) is 6.41 Å². The summed E-state index contributed by atoms with van der Waals surface area (Å²) in [5.74, 6) is -1.90. The van der Waals surface area contributed by atoms with Crippen molar-refractivity contribution >= 4 is 24.3 Å². The van der Waals surface area contributed by atoms with E-state index < -0.39 is 29.9 Å². The molecular formula is C30H53NO8. The van der Waals surface area contributed by atoms with Crippen molar-refractivity contribution in [2.45, 2.75) is 129 Å². The van der Waals surface area contributed by atoms with Crippen molar-refractivity contribution in [1.29, 1.82) is 0 Å². The van der Waals surface area contributed by atoms with Gasteiger partial charge in [0.25, 0.3) is 0 Å². The Bertz CT molecular complexity index is 654. The fourth-order valence-electron chi connectivity index (χ4n) is 4.88. The van der Waals surface area contributed by atoms with E-state index in [1.807, 2.05) is 0 Å². The molecule has 9 nitrogen and oxygen atoms in total. The lowest BCUT2D eigenvalue weighted by Gasteiger charge is -2.18. The van der Waals surface area contributed by atoms with Crippen LogP contribution >= 0.6 is 0 Å². The van der Waals surface area contributed by atoms with Crippen molar-refractivity contribution in [3.63, 3.8) is 0 Å². The molecule has 9 heteroatoms. The first-order chi connectivity index (χ1) is 18.9.